The van der Waals surface area contributed by atoms with Crippen molar-refractivity contribution >= 4 is 23.4 Å². The van der Waals surface area contributed by atoms with Gasteiger partial charge in [0.2, 0.25) is 11.8 Å². The molecule has 6 heteroatoms. The van der Waals surface area contributed by atoms with Gasteiger partial charge in [-0.05, 0) is 36.1 Å². The van der Waals surface area contributed by atoms with E-state index in [9.17, 15) is 14.0 Å². The highest BCUT2D eigenvalue weighted by Crippen LogP contribution is 2.26. The number of hydrogen-bond donors (Lipinski definition) is 1. The fourth-order valence-electron chi connectivity index (χ4n) is 3.83. The summed E-state index contributed by atoms with van der Waals surface area (Å²) in [4.78, 5) is 27.5. The molecule has 0 spiro atoms. The molecule has 0 heterocycles. The Morgan fingerprint density at radius 3 is 2.31 bits per heavy atom. The minimum atomic E-state index is -0.871. The smallest absolute Gasteiger partial charge is 0.247 e. The first-order valence-corrected chi connectivity index (χ1v) is 10.6. The highest BCUT2D eigenvalue weighted by molar-refractivity contribution is 6.27. The van der Waals surface area contributed by atoms with Crippen LogP contribution in [0.5, 0.6) is 0 Å². The van der Waals surface area contributed by atoms with Crippen LogP contribution in [0.15, 0.2) is 54.6 Å². The molecule has 3 rings (SSSR count). The number of hydrogen-bond acceptors (Lipinski definition) is 2. The van der Waals surface area contributed by atoms with Crippen molar-refractivity contribution in [2.24, 2.45) is 0 Å². The van der Waals surface area contributed by atoms with Crippen LogP contribution in [0.4, 0.5) is 4.39 Å². The summed E-state index contributed by atoms with van der Waals surface area (Å²) in [5.74, 6) is -1.22. The standard InChI is InChI=1S/C23H26ClFN2O2/c24-15-21(28)27(16-17-7-3-1-4-8-17)22(18-11-13-19(25)14-12-18)23(29)26-20-9-5-2-6-10-20/h1,3-4,7-8,11-14,20,22H,2,5-6,9-10,15-16H2,(H,26,29)/t22-/m1/s1. The van der Waals surface area contributed by atoms with Crippen LogP contribution in [0.3, 0.4) is 0 Å². The van der Waals surface area contributed by atoms with E-state index in [1.165, 1.54) is 23.5 Å². The van der Waals surface area contributed by atoms with Gasteiger partial charge in [0.05, 0.1) is 0 Å². The molecule has 1 saturated carbocycles. The van der Waals surface area contributed by atoms with E-state index < -0.39 is 11.9 Å². The number of alkyl halides is 1. The molecule has 2 amide bonds. The van der Waals surface area contributed by atoms with E-state index in [2.05, 4.69) is 5.32 Å². The molecule has 29 heavy (non-hydrogen) atoms. The minimum Gasteiger partial charge on any atom is -0.351 e. The topological polar surface area (TPSA) is 49.4 Å². The van der Waals surface area contributed by atoms with Gasteiger partial charge < -0.3 is 10.2 Å². The van der Waals surface area contributed by atoms with E-state index in [1.54, 1.807) is 12.1 Å². The lowest BCUT2D eigenvalue weighted by molar-refractivity contribution is -0.140. The van der Waals surface area contributed by atoms with Gasteiger partial charge in [-0.1, -0.05) is 61.7 Å². The lowest BCUT2D eigenvalue weighted by atomic mass is 9.94. The Balaban J connectivity index is 1.92. The average Bonchev–Trinajstić information content (AvgIpc) is 2.75. The van der Waals surface area contributed by atoms with Crippen LogP contribution in [0.2, 0.25) is 0 Å². The molecule has 0 radical (unpaired) electrons. The molecule has 1 aliphatic rings. The highest BCUT2D eigenvalue weighted by atomic mass is 35.5. The van der Waals surface area contributed by atoms with Crippen LogP contribution in [-0.4, -0.2) is 28.6 Å². The molecule has 1 N–H and O–H groups in total. The van der Waals surface area contributed by atoms with Gasteiger partial charge in [0.25, 0.3) is 0 Å². The van der Waals surface area contributed by atoms with E-state index in [0.29, 0.717) is 5.56 Å². The zero-order chi connectivity index (χ0) is 20.6. The normalized spacial score (nSPS) is 15.5. The summed E-state index contributed by atoms with van der Waals surface area (Å²) in [6, 6.07) is 14.4. The Bertz CT molecular complexity index is 807. The fourth-order valence-corrected chi connectivity index (χ4v) is 3.98. The number of halogens is 2. The van der Waals surface area contributed by atoms with E-state index in [1.807, 2.05) is 30.3 Å². The SMILES string of the molecule is O=C(NC1CCCCC1)[C@@H](c1ccc(F)cc1)N(Cc1ccccc1)C(=O)CCl. The summed E-state index contributed by atoms with van der Waals surface area (Å²) in [7, 11) is 0. The molecule has 0 bridgehead atoms. The minimum absolute atomic E-state index is 0.101. The van der Waals surface area contributed by atoms with Crippen LogP contribution in [0, 0.1) is 5.82 Å². The van der Waals surface area contributed by atoms with Gasteiger partial charge in [-0.2, -0.15) is 0 Å². The van der Waals surface area contributed by atoms with Gasteiger partial charge in [-0.3, -0.25) is 9.59 Å². The lowest BCUT2D eigenvalue weighted by Crippen LogP contribution is -2.47. The van der Waals surface area contributed by atoms with E-state index in [4.69, 9.17) is 11.6 Å². The third-order valence-electron chi connectivity index (χ3n) is 5.33. The molecule has 1 atom stereocenters. The lowest BCUT2D eigenvalue weighted by Gasteiger charge is -2.33. The molecule has 154 valence electrons. The van der Waals surface area contributed by atoms with Crippen molar-refractivity contribution in [3.05, 3.63) is 71.5 Å². The van der Waals surface area contributed by atoms with Crippen molar-refractivity contribution in [3.63, 3.8) is 0 Å². The molecule has 2 aromatic rings. The summed E-state index contributed by atoms with van der Waals surface area (Å²) in [6.45, 7) is 0.243. The number of benzene rings is 2. The Hall–Kier alpha value is -2.40. The summed E-state index contributed by atoms with van der Waals surface area (Å²) in [5.41, 5.74) is 1.46. The highest BCUT2D eigenvalue weighted by Gasteiger charge is 2.32. The monoisotopic (exact) mass is 416 g/mol. The van der Waals surface area contributed by atoms with Gasteiger partial charge in [-0.15, -0.1) is 11.6 Å². The van der Waals surface area contributed by atoms with Crippen molar-refractivity contribution in [2.75, 3.05) is 5.88 Å². The van der Waals surface area contributed by atoms with Gasteiger partial charge >= 0.3 is 0 Å². The summed E-state index contributed by atoms with van der Waals surface area (Å²) in [6.07, 6.45) is 5.22. The maximum Gasteiger partial charge on any atom is 0.247 e. The number of nitrogens with zero attached hydrogens (tertiary/aromatic N) is 1. The van der Waals surface area contributed by atoms with E-state index >= 15 is 0 Å². The van der Waals surface area contributed by atoms with Gasteiger partial charge in [-0.25, -0.2) is 4.39 Å². The van der Waals surface area contributed by atoms with Gasteiger partial charge in [0.15, 0.2) is 0 Å². The van der Waals surface area contributed by atoms with E-state index in [-0.39, 0.29) is 30.3 Å². The molecule has 1 fully saturated rings. The van der Waals surface area contributed by atoms with Crippen molar-refractivity contribution in [1.82, 2.24) is 10.2 Å². The molecule has 0 aliphatic heterocycles. The zero-order valence-corrected chi connectivity index (χ0v) is 17.1. The Morgan fingerprint density at radius 1 is 1.03 bits per heavy atom. The maximum atomic E-state index is 13.5. The van der Waals surface area contributed by atoms with Crippen LogP contribution >= 0.6 is 11.6 Å². The number of nitrogens with one attached hydrogen (secondary N) is 1. The molecule has 0 saturated heterocycles. The third kappa shape index (κ3) is 5.80. The van der Waals surface area contributed by atoms with Crippen molar-refractivity contribution in [1.29, 1.82) is 0 Å². The first-order valence-electron chi connectivity index (χ1n) is 10.0. The Kier molecular flexibility index (Phi) is 7.64. The van der Waals surface area contributed by atoms with Crippen molar-refractivity contribution < 1.29 is 14.0 Å². The Morgan fingerprint density at radius 2 is 1.69 bits per heavy atom. The largest absolute Gasteiger partial charge is 0.351 e. The first-order chi connectivity index (χ1) is 14.1. The van der Waals surface area contributed by atoms with Crippen LogP contribution < -0.4 is 5.32 Å². The number of carbonyl (C=O) groups excluding carboxylic acids is 2. The predicted octanol–water partition coefficient (Wildman–Crippen LogP) is 4.58. The van der Waals surface area contributed by atoms with Crippen LogP contribution in [0.25, 0.3) is 0 Å². The second-order valence-corrected chi connectivity index (χ2v) is 7.71. The Labute approximate surface area is 176 Å². The van der Waals surface area contributed by atoms with E-state index in [0.717, 1.165) is 31.2 Å². The first kappa shape index (κ1) is 21.3. The summed E-state index contributed by atoms with van der Waals surface area (Å²) >= 11 is 5.88. The molecular formula is C23H26ClFN2O2. The number of amides is 2. The second kappa shape index (κ2) is 10.4. The quantitative estimate of drug-likeness (QED) is 0.671. The number of rotatable bonds is 7. The fraction of sp³-hybridized carbons (Fsp3) is 0.391. The molecule has 0 unspecified atom stereocenters. The second-order valence-electron chi connectivity index (χ2n) is 7.44. The van der Waals surface area contributed by atoms with Crippen molar-refractivity contribution in [3.8, 4) is 0 Å². The van der Waals surface area contributed by atoms with Gasteiger partial charge in [0, 0.05) is 12.6 Å². The summed E-state index contributed by atoms with van der Waals surface area (Å²) < 4.78 is 13.5. The molecule has 0 aromatic heterocycles. The maximum absolute atomic E-state index is 13.5. The molecule has 1 aliphatic carbocycles. The van der Waals surface area contributed by atoms with Crippen LogP contribution in [-0.2, 0) is 16.1 Å². The van der Waals surface area contributed by atoms with Gasteiger partial charge in [0.1, 0.15) is 17.7 Å². The summed E-state index contributed by atoms with van der Waals surface area (Å²) in [5, 5.41) is 3.11. The van der Waals surface area contributed by atoms with Crippen molar-refractivity contribution in [2.45, 2.75) is 50.7 Å². The number of carbonyl (C=O) groups is 2. The molecule has 4 nitrogen and oxygen atoms in total. The molecular weight excluding hydrogens is 391 g/mol. The third-order valence-corrected chi connectivity index (χ3v) is 5.56. The zero-order valence-electron chi connectivity index (χ0n) is 16.3. The predicted molar refractivity (Wildman–Crippen MR) is 112 cm³/mol. The average molecular weight is 417 g/mol. The molecule has 2 aromatic carbocycles. The van der Waals surface area contributed by atoms with Crippen LogP contribution in [0.1, 0.15) is 49.3 Å².